The van der Waals surface area contributed by atoms with Gasteiger partial charge in [0, 0.05) is 24.6 Å². The van der Waals surface area contributed by atoms with Gasteiger partial charge in [-0.2, -0.15) is 5.10 Å². The molecule has 29 heavy (non-hydrogen) atoms. The highest BCUT2D eigenvalue weighted by atomic mass is 19.1. The molecular weight excluding hydrogens is 373 g/mol. The number of para-hydroxylation sites is 2. The molecule has 7 nitrogen and oxygen atoms in total. The van der Waals surface area contributed by atoms with Gasteiger partial charge in [-0.05, 0) is 48.9 Å². The van der Waals surface area contributed by atoms with Crippen LogP contribution in [0.2, 0.25) is 0 Å². The second kappa shape index (κ2) is 8.05. The van der Waals surface area contributed by atoms with Gasteiger partial charge in [0.05, 0.1) is 16.7 Å². The van der Waals surface area contributed by atoms with Crippen molar-refractivity contribution >= 4 is 22.9 Å². The SMILES string of the molecule is O=C(CCCn1nc(-c2ccc(F)cc2)ccc1=O)Nc1nc2ccccc2[nH]1. The van der Waals surface area contributed by atoms with E-state index in [1.807, 2.05) is 24.3 Å². The Labute approximate surface area is 165 Å². The van der Waals surface area contributed by atoms with E-state index < -0.39 is 0 Å². The standard InChI is InChI=1S/C21H18FN5O2/c22-15-9-7-14(8-10-15)16-11-12-20(29)27(26-16)13-3-6-19(28)25-21-23-17-4-1-2-5-18(17)24-21/h1-2,4-5,7-12H,3,6,13H2,(H2,23,24,25,28). The van der Waals surface area contributed by atoms with E-state index >= 15 is 0 Å². The zero-order chi connectivity index (χ0) is 20.2. The van der Waals surface area contributed by atoms with E-state index in [-0.39, 0.29) is 23.7 Å². The third-order valence-corrected chi connectivity index (χ3v) is 4.43. The van der Waals surface area contributed by atoms with E-state index in [0.717, 1.165) is 11.0 Å². The van der Waals surface area contributed by atoms with Crippen LogP contribution in [0.1, 0.15) is 12.8 Å². The van der Waals surface area contributed by atoms with Crippen LogP contribution in [0.3, 0.4) is 0 Å². The van der Waals surface area contributed by atoms with Gasteiger partial charge in [-0.15, -0.1) is 0 Å². The van der Waals surface area contributed by atoms with Crippen LogP contribution in [0, 0.1) is 5.82 Å². The Kier molecular flexibility index (Phi) is 5.15. The Bertz CT molecular complexity index is 1180. The summed E-state index contributed by atoms with van der Waals surface area (Å²) in [6.45, 7) is 0.293. The summed E-state index contributed by atoms with van der Waals surface area (Å²) in [7, 11) is 0. The second-order valence-corrected chi connectivity index (χ2v) is 6.54. The summed E-state index contributed by atoms with van der Waals surface area (Å²) in [4.78, 5) is 31.6. The Morgan fingerprint density at radius 3 is 2.66 bits per heavy atom. The molecule has 4 rings (SSSR count). The Morgan fingerprint density at radius 1 is 1.07 bits per heavy atom. The third-order valence-electron chi connectivity index (χ3n) is 4.43. The van der Waals surface area contributed by atoms with Crippen LogP contribution in [0.25, 0.3) is 22.3 Å². The van der Waals surface area contributed by atoms with E-state index in [1.54, 1.807) is 18.2 Å². The molecule has 2 N–H and O–H groups in total. The van der Waals surface area contributed by atoms with Gasteiger partial charge in [-0.1, -0.05) is 12.1 Å². The molecule has 0 bridgehead atoms. The van der Waals surface area contributed by atoms with Crippen molar-refractivity contribution in [2.75, 3.05) is 5.32 Å². The lowest BCUT2D eigenvalue weighted by molar-refractivity contribution is -0.116. The van der Waals surface area contributed by atoms with Crippen LogP contribution in [0.4, 0.5) is 10.3 Å². The van der Waals surface area contributed by atoms with Gasteiger partial charge in [0.15, 0.2) is 0 Å². The van der Waals surface area contributed by atoms with Gasteiger partial charge in [0.25, 0.3) is 5.56 Å². The highest BCUT2D eigenvalue weighted by Gasteiger charge is 2.08. The molecule has 4 aromatic rings. The Morgan fingerprint density at radius 2 is 1.86 bits per heavy atom. The monoisotopic (exact) mass is 391 g/mol. The maximum absolute atomic E-state index is 13.1. The Balaban J connectivity index is 1.37. The highest BCUT2D eigenvalue weighted by molar-refractivity contribution is 5.90. The van der Waals surface area contributed by atoms with E-state index in [9.17, 15) is 14.0 Å². The summed E-state index contributed by atoms with van der Waals surface area (Å²) in [5, 5.41) is 7.04. The number of amides is 1. The van der Waals surface area contributed by atoms with Crippen LogP contribution in [0.15, 0.2) is 65.5 Å². The predicted octanol–water partition coefficient (Wildman–Crippen LogP) is 3.34. The molecule has 0 unspecified atom stereocenters. The molecule has 0 aliphatic carbocycles. The summed E-state index contributed by atoms with van der Waals surface area (Å²) in [5.74, 6) is -0.144. The average Bonchev–Trinajstić information content (AvgIpc) is 3.12. The number of H-pyrrole nitrogens is 1. The fourth-order valence-electron chi connectivity index (χ4n) is 2.98. The van der Waals surface area contributed by atoms with Gasteiger partial charge in [0.1, 0.15) is 5.82 Å². The molecule has 0 saturated carbocycles. The average molecular weight is 391 g/mol. The number of aromatic amines is 1. The molecule has 0 aliphatic heterocycles. The van der Waals surface area contributed by atoms with Crippen LogP contribution in [0.5, 0.6) is 0 Å². The molecule has 0 radical (unpaired) electrons. The maximum Gasteiger partial charge on any atom is 0.266 e. The molecule has 2 aromatic carbocycles. The van der Waals surface area contributed by atoms with Crippen LogP contribution in [-0.4, -0.2) is 25.7 Å². The molecule has 1 amide bonds. The molecule has 146 valence electrons. The molecule has 2 heterocycles. The number of imidazole rings is 1. The minimum absolute atomic E-state index is 0.202. The number of hydrogen-bond donors (Lipinski definition) is 2. The summed E-state index contributed by atoms with van der Waals surface area (Å²) >= 11 is 0. The number of carbonyl (C=O) groups excluding carboxylic acids is 1. The maximum atomic E-state index is 13.1. The lowest BCUT2D eigenvalue weighted by Gasteiger charge is -2.07. The van der Waals surface area contributed by atoms with Crippen molar-refractivity contribution < 1.29 is 9.18 Å². The zero-order valence-corrected chi connectivity index (χ0v) is 15.4. The minimum atomic E-state index is -0.336. The quantitative estimate of drug-likeness (QED) is 0.527. The lowest BCUT2D eigenvalue weighted by Crippen LogP contribution is -2.23. The van der Waals surface area contributed by atoms with Gasteiger partial charge in [0.2, 0.25) is 11.9 Å². The fraction of sp³-hybridized carbons (Fsp3) is 0.143. The molecular formula is C21H18FN5O2. The molecule has 0 saturated heterocycles. The van der Waals surface area contributed by atoms with Gasteiger partial charge >= 0.3 is 0 Å². The van der Waals surface area contributed by atoms with Crippen LogP contribution < -0.4 is 10.9 Å². The van der Waals surface area contributed by atoms with Crippen molar-refractivity contribution in [1.29, 1.82) is 0 Å². The molecule has 0 spiro atoms. The third kappa shape index (κ3) is 4.37. The summed E-state index contributed by atoms with van der Waals surface area (Å²) in [5.41, 5.74) is 2.64. The first-order valence-electron chi connectivity index (χ1n) is 9.17. The first kappa shape index (κ1) is 18.5. The van der Waals surface area contributed by atoms with Crippen molar-refractivity contribution in [2.24, 2.45) is 0 Å². The smallest absolute Gasteiger partial charge is 0.266 e. The number of nitrogens with zero attached hydrogens (tertiary/aromatic N) is 3. The number of carbonyl (C=O) groups is 1. The van der Waals surface area contributed by atoms with Crippen molar-refractivity contribution in [2.45, 2.75) is 19.4 Å². The zero-order valence-electron chi connectivity index (χ0n) is 15.4. The summed E-state index contributed by atoms with van der Waals surface area (Å²) in [6, 6.07) is 16.4. The first-order chi connectivity index (χ1) is 14.1. The molecule has 8 heteroatoms. The van der Waals surface area contributed by atoms with Crippen molar-refractivity contribution in [3.8, 4) is 11.3 Å². The number of benzene rings is 2. The molecule has 2 aromatic heterocycles. The van der Waals surface area contributed by atoms with E-state index in [4.69, 9.17) is 0 Å². The van der Waals surface area contributed by atoms with Gasteiger partial charge in [-0.3, -0.25) is 14.9 Å². The normalized spacial score (nSPS) is 10.9. The topological polar surface area (TPSA) is 92.7 Å². The van der Waals surface area contributed by atoms with E-state index in [0.29, 0.717) is 30.2 Å². The first-order valence-corrected chi connectivity index (χ1v) is 9.17. The number of anilines is 1. The number of aryl methyl sites for hydroxylation is 1. The van der Waals surface area contributed by atoms with Crippen molar-refractivity contribution in [1.82, 2.24) is 19.7 Å². The highest BCUT2D eigenvalue weighted by Crippen LogP contribution is 2.16. The molecule has 0 fully saturated rings. The second-order valence-electron chi connectivity index (χ2n) is 6.54. The number of fused-ring (bicyclic) bond motifs is 1. The van der Waals surface area contributed by atoms with Gasteiger partial charge in [-0.25, -0.2) is 14.1 Å². The lowest BCUT2D eigenvalue weighted by atomic mass is 10.1. The van der Waals surface area contributed by atoms with Crippen LogP contribution in [-0.2, 0) is 11.3 Å². The number of nitrogens with one attached hydrogen (secondary N) is 2. The fourth-order valence-corrected chi connectivity index (χ4v) is 2.98. The summed E-state index contributed by atoms with van der Waals surface area (Å²) in [6.07, 6.45) is 0.651. The van der Waals surface area contributed by atoms with Crippen molar-refractivity contribution in [3.63, 3.8) is 0 Å². The number of hydrogen-bond acceptors (Lipinski definition) is 4. The van der Waals surface area contributed by atoms with Gasteiger partial charge < -0.3 is 4.98 Å². The predicted molar refractivity (Wildman–Crippen MR) is 108 cm³/mol. The number of rotatable bonds is 6. The molecule has 0 aliphatic rings. The minimum Gasteiger partial charge on any atom is -0.324 e. The van der Waals surface area contributed by atoms with Crippen molar-refractivity contribution in [3.05, 3.63) is 76.8 Å². The van der Waals surface area contributed by atoms with E-state index in [2.05, 4.69) is 20.4 Å². The molecule has 0 atom stereocenters. The Hall–Kier alpha value is -3.81. The van der Waals surface area contributed by atoms with E-state index in [1.165, 1.54) is 22.9 Å². The van der Waals surface area contributed by atoms with Crippen LogP contribution >= 0.6 is 0 Å². The number of aromatic nitrogens is 4. The number of halogens is 1. The largest absolute Gasteiger partial charge is 0.324 e. The summed E-state index contributed by atoms with van der Waals surface area (Å²) < 4.78 is 14.4.